The van der Waals surface area contributed by atoms with Crippen LogP contribution in [0.25, 0.3) is 0 Å². The minimum Gasteiger partial charge on any atom is -0.386 e. The lowest BCUT2D eigenvalue weighted by molar-refractivity contribution is 0.0443. The average Bonchev–Trinajstić information content (AvgIpc) is 1.98. The third kappa shape index (κ3) is 2.82. The first-order chi connectivity index (χ1) is 6.58. The van der Waals surface area contributed by atoms with Crippen molar-refractivity contribution >= 4 is 0 Å². The van der Waals surface area contributed by atoms with E-state index in [-0.39, 0.29) is 5.41 Å². The molecule has 0 aliphatic heterocycles. The van der Waals surface area contributed by atoms with Gasteiger partial charge in [-0.05, 0) is 39.0 Å². The van der Waals surface area contributed by atoms with Crippen molar-refractivity contribution in [2.45, 2.75) is 53.1 Å². The first-order valence-electron chi connectivity index (χ1n) is 5.44. The van der Waals surface area contributed by atoms with Gasteiger partial charge in [0.25, 0.3) is 0 Å². The van der Waals surface area contributed by atoms with Crippen molar-refractivity contribution < 1.29 is 5.11 Å². The van der Waals surface area contributed by atoms with Gasteiger partial charge in [-0.2, -0.15) is 5.26 Å². The molecule has 0 aromatic carbocycles. The Morgan fingerprint density at radius 1 is 1.40 bits per heavy atom. The largest absolute Gasteiger partial charge is 0.386 e. The van der Waals surface area contributed by atoms with Crippen molar-refractivity contribution in [2.75, 3.05) is 0 Å². The first kappa shape index (κ1) is 12.3. The molecule has 0 aromatic heterocycles. The Labute approximate surface area is 92.6 Å². The van der Waals surface area contributed by atoms with E-state index >= 15 is 0 Å². The van der Waals surface area contributed by atoms with E-state index in [2.05, 4.69) is 19.9 Å². The highest BCUT2D eigenvalue weighted by atomic mass is 16.3. The maximum atomic E-state index is 10.2. The monoisotopic (exact) mass is 207 g/mol. The van der Waals surface area contributed by atoms with Gasteiger partial charge in [0.05, 0.1) is 17.1 Å². The Morgan fingerprint density at radius 2 is 1.93 bits per heavy atom. The van der Waals surface area contributed by atoms with E-state index in [9.17, 15) is 5.11 Å². The van der Waals surface area contributed by atoms with Gasteiger partial charge in [0.2, 0.25) is 0 Å². The van der Waals surface area contributed by atoms with Gasteiger partial charge in [0.15, 0.2) is 0 Å². The molecule has 1 aliphatic carbocycles. The summed E-state index contributed by atoms with van der Waals surface area (Å²) >= 11 is 0. The molecule has 0 spiro atoms. The van der Waals surface area contributed by atoms with Gasteiger partial charge in [0, 0.05) is 0 Å². The summed E-state index contributed by atoms with van der Waals surface area (Å²) in [5.41, 5.74) is -0.111. The normalized spacial score (nSPS) is 30.6. The Hall–Kier alpha value is -0.810. The maximum Gasteiger partial charge on any atom is 0.0808 e. The van der Waals surface area contributed by atoms with Crippen LogP contribution in [-0.4, -0.2) is 10.7 Å². The summed E-state index contributed by atoms with van der Waals surface area (Å²) in [4.78, 5) is 0. The molecule has 1 N–H and O–H groups in total. The van der Waals surface area contributed by atoms with Crippen LogP contribution in [-0.2, 0) is 0 Å². The van der Waals surface area contributed by atoms with Crippen molar-refractivity contribution in [3.05, 3.63) is 11.6 Å². The molecular weight excluding hydrogens is 186 g/mol. The zero-order chi connectivity index (χ0) is 11.9. The zero-order valence-electron chi connectivity index (χ0n) is 10.4. The lowest BCUT2D eigenvalue weighted by Crippen LogP contribution is -2.37. The molecule has 0 bridgehead atoms. The summed E-state index contributed by atoms with van der Waals surface area (Å²) in [7, 11) is 0. The maximum absolute atomic E-state index is 10.2. The van der Waals surface area contributed by atoms with Gasteiger partial charge in [-0.1, -0.05) is 25.5 Å². The van der Waals surface area contributed by atoms with Crippen molar-refractivity contribution in [1.82, 2.24) is 0 Å². The molecule has 0 fully saturated rings. The second-order valence-electron chi connectivity index (χ2n) is 6.28. The molecule has 1 aliphatic rings. The number of aliphatic hydroxyl groups is 1. The number of rotatable bonds is 1. The SMILES string of the molecule is CC1(O)C=C(C(C)(C)C#N)CC(C)(C)C1. The fraction of sp³-hybridized carbons (Fsp3) is 0.769. The Morgan fingerprint density at radius 3 is 2.33 bits per heavy atom. The quantitative estimate of drug-likeness (QED) is 0.672. The summed E-state index contributed by atoms with van der Waals surface area (Å²) in [6.45, 7) is 9.93. The molecule has 15 heavy (non-hydrogen) atoms. The van der Waals surface area contributed by atoms with Crippen LogP contribution in [0.2, 0.25) is 0 Å². The summed E-state index contributed by atoms with van der Waals surface area (Å²) in [6.07, 6.45) is 3.52. The molecule has 2 heteroatoms. The molecular formula is C13H21NO. The fourth-order valence-corrected chi connectivity index (χ4v) is 2.50. The molecule has 1 unspecified atom stereocenters. The molecule has 0 amide bonds. The van der Waals surface area contributed by atoms with E-state index < -0.39 is 11.0 Å². The van der Waals surface area contributed by atoms with Crippen LogP contribution in [0.5, 0.6) is 0 Å². The van der Waals surface area contributed by atoms with Crippen LogP contribution >= 0.6 is 0 Å². The van der Waals surface area contributed by atoms with Crippen LogP contribution in [0.3, 0.4) is 0 Å². The van der Waals surface area contributed by atoms with E-state index in [1.807, 2.05) is 26.8 Å². The van der Waals surface area contributed by atoms with Crippen LogP contribution in [0.1, 0.15) is 47.5 Å². The lowest BCUT2D eigenvalue weighted by Gasteiger charge is -2.41. The predicted octanol–water partition coefficient (Wildman–Crippen LogP) is 3.03. The van der Waals surface area contributed by atoms with Crippen LogP contribution in [0, 0.1) is 22.2 Å². The minimum absolute atomic E-state index is 0.0711. The van der Waals surface area contributed by atoms with E-state index in [4.69, 9.17) is 5.26 Å². The highest BCUT2D eigenvalue weighted by Gasteiger charge is 2.39. The van der Waals surface area contributed by atoms with Crippen molar-refractivity contribution in [1.29, 1.82) is 5.26 Å². The number of allylic oxidation sites excluding steroid dienone is 1. The van der Waals surface area contributed by atoms with Gasteiger partial charge < -0.3 is 5.11 Å². The molecule has 0 saturated carbocycles. The summed E-state index contributed by atoms with van der Waals surface area (Å²) in [5, 5.41) is 19.3. The summed E-state index contributed by atoms with van der Waals surface area (Å²) in [6, 6.07) is 2.31. The molecule has 0 heterocycles. The van der Waals surface area contributed by atoms with Crippen molar-refractivity contribution in [3.63, 3.8) is 0 Å². The number of hydrogen-bond donors (Lipinski definition) is 1. The Bertz CT molecular complexity index is 329. The topological polar surface area (TPSA) is 44.0 Å². The second-order valence-corrected chi connectivity index (χ2v) is 6.28. The van der Waals surface area contributed by atoms with Gasteiger partial charge in [0.1, 0.15) is 0 Å². The van der Waals surface area contributed by atoms with Crippen LogP contribution in [0.15, 0.2) is 11.6 Å². The third-order valence-electron chi connectivity index (χ3n) is 3.07. The smallest absolute Gasteiger partial charge is 0.0808 e. The standard InChI is InChI=1S/C13H21NO/c1-11(2)6-10(12(3,4)9-14)7-13(5,15)8-11/h7,15H,6,8H2,1-5H3. The highest BCUT2D eigenvalue weighted by molar-refractivity contribution is 5.28. The summed E-state index contributed by atoms with van der Waals surface area (Å²) < 4.78 is 0. The average molecular weight is 207 g/mol. The molecule has 1 rings (SSSR count). The predicted molar refractivity (Wildman–Crippen MR) is 61.1 cm³/mol. The van der Waals surface area contributed by atoms with Gasteiger partial charge in [-0.25, -0.2) is 0 Å². The zero-order valence-corrected chi connectivity index (χ0v) is 10.4. The van der Waals surface area contributed by atoms with E-state index in [0.717, 1.165) is 18.4 Å². The van der Waals surface area contributed by atoms with Crippen LogP contribution in [0.4, 0.5) is 0 Å². The Balaban J connectivity index is 3.11. The van der Waals surface area contributed by atoms with E-state index in [1.54, 1.807) is 0 Å². The highest BCUT2D eigenvalue weighted by Crippen LogP contribution is 2.45. The lowest BCUT2D eigenvalue weighted by atomic mass is 9.66. The molecule has 0 aromatic rings. The second kappa shape index (κ2) is 3.35. The number of nitrogens with zero attached hydrogens (tertiary/aromatic N) is 1. The van der Waals surface area contributed by atoms with Gasteiger partial charge in [-0.3, -0.25) is 0 Å². The van der Waals surface area contributed by atoms with Gasteiger partial charge in [-0.15, -0.1) is 0 Å². The molecule has 0 saturated heterocycles. The first-order valence-corrected chi connectivity index (χ1v) is 5.44. The van der Waals surface area contributed by atoms with Crippen LogP contribution < -0.4 is 0 Å². The molecule has 0 radical (unpaired) electrons. The summed E-state index contributed by atoms with van der Waals surface area (Å²) in [5.74, 6) is 0. The van der Waals surface area contributed by atoms with E-state index in [1.165, 1.54) is 0 Å². The number of hydrogen-bond acceptors (Lipinski definition) is 2. The minimum atomic E-state index is -0.773. The van der Waals surface area contributed by atoms with Crippen molar-refractivity contribution in [3.8, 4) is 6.07 Å². The molecule has 84 valence electrons. The molecule has 2 nitrogen and oxygen atoms in total. The molecule has 1 atom stereocenters. The van der Waals surface area contributed by atoms with Gasteiger partial charge >= 0.3 is 0 Å². The van der Waals surface area contributed by atoms with E-state index in [0.29, 0.717) is 0 Å². The van der Waals surface area contributed by atoms with Crippen molar-refractivity contribution in [2.24, 2.45) is 10.8 Å². The number of nitriles is 1. The Kier molecular flexibility index (Phi) is 2.74. The fourth-order valence-electron chi connectivity index (χ4n) is 2.50. The third-order valence-corrected chi connectivity index (χ3v) is 3.07.